The van der Waals surface area contributed by atoms with E-state index < -0.39 is 0 Å². The third kappa shape index (κ3) is 5.18. The number of piperidine rings is 1. The zero-order valence-electron chi connectivity index (χ0n) is 18.0. The molecule has 0 spiro atoms. The smallest absolute Gasteiger partial charge is 0.241 e. The fourth-order valence-corrected chi connectivity index (χ4v) is 3.91. The van der Waals surface area contributed by atoms with Gasteiger partial charge in [-0.15, -0.1) is 0 Å². The van der Waals surface area contributed by atoms with Gasteiger partial charge in [0.2, 0.25) is 11.8 Å². The number of amides is 1. The maximum absolute atomic E-state index is 13.1. The number of methoxy groups -OCH3 is 1. The van der Waals surface area contributed by atoms with E-state index in [0.29, 0.717) is 29.6 Å². The van der Waals surface area contributed by atoms with Crippen LogP contribution in [0.5, 0.6) is 23.1 Å². The second-order valence-corrected chi connectivity index (χ2v) is 7.74. The molecule has 32 heavy (non-hydrogen) atoms. The lowest BCUT2D eigenvalue weighted by Gasteiger charge is -2.34. The summed E-state index contributed by atoms with van der Waals surface area (Å²) < 4.78 is 10.9. The number of aromatic hydroxyl groups is 1. The highest BCUT2D eigenvalue weighted by Gasteiger charge is 2.29. The molecule has 2 N–H and O–H groups in total. The van der Waals surface area contributed by atoms with Gasteiger partial charge in [-0.1, -0.05) is 36.8 Å². The molecule has 7 nitrogen and oxygen atoms in total. The summed E-state index contributed by atoms with van der Waals surface area (Å²) in [6.07, 6.45) is 4.36. The molecule has 4 rings (SSSR count). The summed E-state index contributed by atoms with van der Waals surface area (Å²) in [6.45, 7) is 1.26. The molecule has 0 bridgehead atoms. The fraction of sp³-hybridized carbons (Fsp3) is 0.280. The van der Waals surface area contributed by atoms with Crippen molar-refractivity contribution in [3.8, 4) is 23.1 Å². The van der Waals surface area contributed by atoms with Gasteiger partial charge >= 0.3 is 0 Å². The van der Waals surface area contributed by atoms with Crippen molar-refractivity contribution in [1.29, 1.82) is 0 Å². The number of carbonyl (C=O) groups is 1. The Balaban J connectivity index is 1.41. The molecular weight excluding hydrogens is 406 g/mol. The number of rotatable bonds is 7. The molecule has 1 aliphatic heterocycles. The number of pyridine rings is 1. The zero-order chi connectivity index (χ0) is 22.3. The summed E-state index contributed by atoms with van der Waals surface area (Å²) in [7, 11) is 1.53. The summed E-state index contributed by atoms with van der Waals surface area (Å²) in [4.78, 5) is 19.5. The van der Waals surface area contributed by atoms with Gasteiger partial charge in [-0.3, -0.25) is 9.69 Å². The third-order valence-electron chi connectivity index (χ3n) is 5.56. The zero-order valence-corrected chi connectivity index (χ0v) is 18.0. The molecule has 1 atom stereocenters. The standard InChI is InChI=1S/C25H27N3O4/c1-31-22-12-7-8-18(24(22)29)17-28-15-6-5-11-21(28)25(30)27-19-13-14-23(26-16-19)32-20-9-3-2-4-10-20/h2-4,7-10,12-14,16,21,29H,5-6,11,15,17H2,1H3,(H,27,30)/t21-/m0/s1. The van der Waals surface area contributed by atoms with Crippen molar-refractivity contribution >= 4 is 11.6 Å². The lowest BCUT2D eigenvalue weighted by atomic mass is 10.00. The fourth-order valence-electron chi connectivity index (χ4n) is 3.91. The molecule has 166 valence electrons. The number of ether oxygens (including phenoxy) is 2. The molecule has 0 aliphatic carbocycles. The number of nitrogens with zero attached hydrogens (tertiary/aromatic N) is 2. The molecule has 7 heteroatoms. The molecule has 0 radical (unpaired) electrons. The second kappa shape index (κ2) is 10.2. The number of likely N-dealkylation sites (tertiary alicyclic amines) is 1. The van der Waals surface area contributed by atoms with E-state index in [1.807, 2.05) is 42.5 Å². The van der Waals surface area contributed by atoms with Crippen molar-refractivity contribution < 1.29 is 19.4 Å². The number of nitrogens with one attached hydrogen (secondary N) is 1. The summed E-state index contributed by atoms with van der Waals surface area (Å²) in [6, 6.07) is 18.1. The summed E-state index contributed by atoms with van der Waals surface area (Å²) in [5.74, 6) is 1.64. The van der Waals surface area contributed by atoms with E-state index in [9.17, 15) is 9.90 Å². The van der Waals surface area contributed by atoms with Crippen LogP contribution in [0.15, 0.2) is 66.9 Å². The van der Waals surface area contributed by atoms with Crippen LogP contribution in [0, 0.1) is 0 Å². The number of phenolic OH excluding ortho intramolecular Hbond substituents is 1. The predicted molar refractivity (Wildman–Crippen MR) is 122 cm³/mol. The average molecular weight is 434 g/mol. The molecule has 3 aromatic rings. The molecule has 1 amide bonds. The van der Waals surface area contributed by atoms with Gasteiger partial charge in [-0.25, -0.2) is 4.98 Å². The van der Waals surface area contributed by atoms with Crippen LogP contribution in [-0.4, -0.2) is 40.6 Å². The van der Waals surface area contributed by atoms with Crippen LogP contribution in [-0.2, 0) is 11.3 Å². The molecule has 1 fully saturated rings. The molecule has 1 aromatic heterocycles. The molecule has 0 unspecified atom stereocenters. The Labute approximate surface area is 187 Å². The molecule has 2 heterocycles. The largest absolute Gasteiger partial charge is 0.504 e. The van der Waals surface area contributed by atoms with E-state index >= 15 is 0 Å². The maximum Gasteiger partial charge on any atom is 0.241 e. The maximum atomic E-state index is 13.1. The molecule has 1 saturated heterocycles. The van der Waals surface area contributed by atoms with Crippen molar-refractivity contribution in [1.82, 2.24) is 9.88 Å². The van der Waals surface area contributed by atoms with E-state index in [1.165, 1.54) is 7.11 Å². The normalized spacial score (nSPS) is 16.3. The third-order valence-corrected chi connectivity index (χ3v) is 5.56. The first-order chi connectivity index (χ1) is 15.6. The quantitative estimate of drug-likeness (QED) is 0.567. The number of para-hydroxylation sites is 2. The predicted octanol–water partition coefficient (Wildman–Crippen LogP) is 4.58. The van der Waals surface area contributed by atoms with Gasteiger partial charge in [0.05, 0.1) is 25.0 Å². The van der Waals surface area contributed by atoms with Crippen LogP contribution in [0.25, 0.3) is 0 Å². The molecule has 2 aromatic carbocycles. The van der Waals surface area contributed by atoms with Gasteiger partial charge in [0, 0.05) is 18.2 Å². The Kier molecular flexibility index (Phi) is 6.87. The monoisotopic (exact) mass is 433 g/mol. The summed E-state index contributed by atoms with van der Waals surface area (Å²) >= 11 is 0. The van der Waals surface area contributed by atoms with Crippen LogP contribution < -0.4 is 14.8 Å². The van der Waals surface area contributed by atoms with Gasteiger partial charge in [-0.2, -0.15) is 0 Å². The summed E-state index contributed by atoms with van der Waals surface area (Å²) in [5, 5.41) is 13.4. The molecule has 0 saturated carbocycles. The van der Waals surface area contributed by atoms with Crippen LogP contribution in [0.3, 0.4) is 0 Å². The number of anilines is 1. The van der Waals surface area contributed by atoms with Gasteiger partial charge in [0.25, 0.3) is 0 Å². The van der Waals surface area contributed by atoms with Gasteiger partial charge in [-0.05, 0) is 43.7 Å². The summed E-state index contributed by atoms with van der Waals surface area (Å²) in [5.41, 5.74) is 1.36. The Morgan fingerprint density at radius 3 is 2.72 bits per heavy atom. The van der Waals surface area contributed by atoms with Gasteiger partial charge < -0.3 is 19.9 Å². The van der Waals surface area contributed by atoms with Crippen molar-refractivity contribution in [3.63, 3.8) is 0 Å². The lowest BCUT2D eigenvalue weighted by molar-refractivity contribution is -0.122. The van der Waals surface area contributed by atoms with Crippen molar-refractivity contribution in [2.75, 3.05) is 19.0 Å². The number of benzene rings is 2. The van der Waals surface area contributed by atoms with Crippen LogP contribution >= 0.6 is 0 Å². The highest BCUT2D eigenvalue weighted by atomic mass is 16.5. The topological polar surface area (TPSA) is 83.9 Å². The Hall–Kier alpha value is -3.58. The SMILES string of the molecule is COc1cccc(CN2CCCC[C@H]2C(=O)Nc2ccc(Oc3ccccc3)nc2)c1O. The number of aromatic nitrogens is 1. The molecular formula is C25H27N3O4. The van der Waals surface area contributed by atoms with E-state index in [1.54, 1.807) is 24.4 Å². The minimum absolute atomic E-state index is 0.0781. The number of phenols is 1. The van der Waals surface area contributed by atoms with E-state index in [2.05, 4.69) is 15.2 Å². The van der Waals surface area contributed by atoms with E-state index in [0.717, 1.165) is 31.4 Å². The Morgan fingerprint density at radius 1 is 1.12 bits per heavy atom. The Morgan fingerprint density at radius 2 is 1.97 bits per heavy atom. The van der Waals surface area contributed by atoms with Crippen LogP contribution in [0.1, 0.15) is 24.8 Å². The van der Waals surface area contributed by atoms with Crippen molar-refractivity contribution in [2.24, 2.45) is 0 Å². The minimum Gasteiger partial charge on any atom is -0.504 e. The highest BCUT2D eigenvalue weighted by molar-refractivity contribution is 5.94. The molecule has 1 aliphatic rings. The first kappa shape index (κ1) is 21.6. The van der Waals surface area contributed by atoms with Crippen molar-refractivity contribution in [3.05, 3.63) is 72.4 Å². The average Bonchev–Trinajstić information content (AvgIpc) is 2.83. The number of hydrogen-bond acceptors (Lipinski definition) is 6. The number of carbonyl (C=O) groups excluding carboxylic acids is 1. The second-order valence-electron chi connectivity index (χ2n) is 7.74. The van der Waals surface area contributed by atoms with Crippen molar-refractivity contribution in [2.45, 2.75) is 31.8 Å². The van der Waals surface area contributed by atoms with Gasteiger partial charge in [0.15, 0.2) is 11.5 Å². The van der Waals surface area contributed by atoms with E-state index in [-0.39, 0.29) is 17.7 Å². The highest BCUT2D eigenvalue weighted by Crippen LogP contribution is 2.32. The van der Waals surface area contributed by atoms with E-state index in [4.69, 9.17) is 9.47 Å². The Bertz CT molecular complexity index is 1040. The lowest BCUT2D eigenvalue weighted by Crippen LogP contribution is -2.46. The first-order valence-corrected chi connectivity index (χ1v) is 10.7. The van der Waals surface area contributed by atoms with Crippen LogP contribution in [0.4, 0.5) is 5.69 Å². The minimum atomic E-state index is -0.283. The first-order valence-electron chi connectivity index (χ1n) is 10.7. The number of hydrogen-bond donors (Lipinski definition) is 2. The van der Waals surface area contributed by atoms with Crippen LogP contribution in [0.2, 0.25) is 0 Å². The van der Waals surface area contributed by atoms with Gasteiger partial charge in [0.1, 0.15) is 5.75 Å².